The van der Waals surface area contributed by atoms with E-state index in [4.69, 9.17) is 0 Å². The third-order valence-electron chi connectivity index (χ3n) is 4.08. The van der Waals surface area contributed by atoms with E-state index in [0.717, 1.165) is 5.56 Å². The maximum Gasteiger partial charge on any atom is 0.321 e. The molecule has 25 heavy (non-hydrogen) atoms. The van der Waals surface area contributed by atoms with Gasteiger partial charge in [0.2, 0.25) is 11.8 Å². The minimum Gasteiger partial charge on any atom is -0.338 e. The molecule has 0 saturated carbocycles. The first kappa shape index (κ1) is 18.9. The molecule has 8 heteroatoms. The van der Waals surface area contributed by atoms with Crippen LogP contribution in [-0.4, -0.2) is 53.9 Å². The Balaban J connectivity index is 1.73. The number of aryl methyl sites for hydroxylation is 1. The Hall–Kier alpha value is -2.48. The van der Waals surface area contributed by atoms with E-state index in [0.29, 0.717) is 38.3 Å². The highest BCUT2D eigenvalue weighted by molar-refractivity contribution is 5.95. The molecule has 0 radical (unpaired) electrons. The Kier molecular flexibility index (Phi) is 6.88. The Labute approximate surface area is 147 Å². The Morgan fingerprint density at radius 3 is 2.56 bits per heavy atom. The van der Waals surface area contributed by atoms with E-state index < -0.39 is 6.03 Å². The highest BCUT2D eigenvalue weighted by atomic mass is 16.2. The molecule has 1 aliphatic rings. The van der Waals surface area contributed by atoms with Crippen molar-refractivity contribution < 1.29 is 14.4 Å². The van der Waals surface area contributed by atoms with Crippen LogP contribution in [0.3, 0.4) is 0 Å². The summed E-state index contributed by atoms with van der Waals surface area (Å²) in [6.07, 6.45) is 3.06. The molecule has 1 saturated heterocycles. The van der Waals surface area contributed by atoms with Crippen molar-refractivity contribution in [3.05, 3.63) is 23.9 Å². The zero-order chi connectivity index (χ0) is 18.2. The van der Waals surface area contributed by atoms with Crippen molar-refractivity contribution in [3.63, 3.8) is 0 Å². The largest absolute Gasteiger partial charge is 0.338 e. The zero-order valence-corrected chi connectivity index (χ0v) is 14.7. The third-order valence-corrected chi connectivity index (χ3v) is 4.08. The predicted molar refractivity (Wildman–Crippen MR) is 94.0 cm³/mol. The van der Waals surface area contributed by atoms with Gasteiger partial charge in [-0.2, -0.15) is 0 Å². The number of likely N-dealkylation sites (tertiary alicyclic amines) is 1. The molecule has 0 aliphatic carbocycles. The summed E-state index contributed by atoms with van der Waals surface area (Å²) >= 11 is 0. The molecule has 8 nitrogen and oxygen atoms in total. The fourth-order valence-electron chi connectivity index (χ4n) is 2.70. The van der Waals surface area contributed by atoms with Gasteiger partial charge in [0, 0.05) is 18.7 Å². The number of rotatable bonds is 5. The molecule has 0 atom stereocenters. The van der Waals surface area contributed by atoms with Gasteiger partial charge < -0.3 is 10.6 Å². The molecule has 1 aliphatic heterocycles. The average molecular weight is 347 g/mol. The van der Waals surface area contributed by atoms with Gasteiger partial charge in [-0.25, -0.2) is 9.78 Å². The second-order valence-corrected chi connectivity index (χ2v) is 6.17. The zero-order valence-electron chi connectivity index (χ0n) is 14.7. The summed E-state index contributed by atoms with van der Waals surface area (Å²) in [5.74, 6) is 0.0885. The standard InChI is InChI=1S/C17H25N5O3/c1-3-18-17(25)21-15(23)11-22-8-6-13(7-9-22)16(24)20-14-5-4-12(2)10-19-14/h4-5,10,13H,3,6-9,11H2,1-2H3,(H,19,20,24)(H2,18,21,23,25). The van der Waals surface area contributed by atoms with Crippen LogP contribution in [0.25, 0.3) is 0 Å². The lowest BCUT2D eigenvalue weighted by molar-refractivity contribution is -0.122. The number of aromatic nitrogens is 1. The van der Waals surface area contributed by atoms with Gasteiger partial charge in [-0.05, 0) is 51.4 Å². The number of anilines is 1. The molecule has 1 aromatic rings. The van der Waals surface area contributed by atoms with Crippen LogP contribution in [0.2, 0.25) is 0 Å². The minimum absolute atomic E-state index is 0.0391. The normalized spacial score (nSPS) is 15.4. The van der Waals surface area contributed by atoms with Gasteiger partial charge in [-0.3, -0.25) is 19.8 Å². The smallest absolute Gasteiger partial charge is 0.321 e. The van der Waals surface area contributed by atoms with Crippen molar-refractivity contribution in [2.24, 2.45) is 5.92 Å². The van der Waals surface area contributed by atoms with E-state index >= 15 is 0 Å². The number of urea groups is 1. The van der Waals surface area contributed by atoms with E-state index in [1.165, 1.54) is 0 Å². The summed E-state index contributed by atoms with van der Waals surface area (Å²) < 4.78 is 0. The number of imide groups is 1. The number of amides is 4. The van der Waals surface area contributed by atoms with Crippen LogP contribution < -0.4 is 16.0 Å². The van der Waals surface area contributed by atoms with Crippen molar-refractivity contribution >= 4 is 23.7 Å². The lowest BCUT2D eigenvalue weighted by Crippen LogP contribution is -2.47. The lowest BCUT2D eigenvalue weighted by atomic mass is 9.96. The number of piperidine rings is 1. The van der Waals surface area contributed by atoms with Crippen LogP contribution >= 0.6 is 0 Å². The number of hydrogen-bond acceptors (Lipinski definition) is 5. The summed E-state index contributed by atoms with van der Waals surface area (Å²) in [6, 6.07) is 3.21. The first-order valence-corrected chi connectivity index (χ1v) is 8.51. The molecule has 2 rings (SSSR count). The van der Waals surface area contributed by atoms with Crippen LogP contribution in [0.1, 0.15) is 25.3 Å². The van der Waals surface area contributed by atoms with Crippen molar-refractivity contribution in [3.8, 4) is 0 Å². The summed E-state index contributed by atoms with van der Waals surface area (Å²) in [5, 5.41) is 7.63. The second-order valence-electron chi connectivity index (χ2n) is 6.17. The van der Waals surface area contributed by atoms with E-state index in [1.54, 1.807) is 19.2 Å². The Morgan fingerprint density at radius 1 is 1.24 bits per heavy atom. The fourth-order valence-corrected chi connectivity index (χ4v) is 2.70. The summed E-state index contributed by atoms with van der Waals surface area (Å²) in [7, 11) is 0. The molecule has 0 aromatic carbocycles. The molecule has 1 aromatic heterocycles. The van der Waals surface area contributed by atoms with Crippen molar-refractivity contribution in [2.75, 3.05) is 31.5 Å². The van der Waals surface area contributed by atoms with Crippen molar-refractivity contribution in [1.82, 2.24) is 20.5 Å². The van der Waals surface area contributed by atoms with E-state index in [-0.39, 0.29) is 24.3 Å². The highest BCUT2D eigenvalue weighted by Gasteiger charge is 2.26. The summed E-state index contributed by atoms with van der Waals surface area (Å²) in [4.78, 5) is 41.5. The average Bonchev–Trinajstić information content (AvgIpc) is 2.57. The fraction of sp³-hybridized carbons (Fsp3) is 0.529. The monoisotopic (exact) mass is 347 g/mol. The molecule has 2 heterocycles. The molecule has 0 bridgehead atoms. The number of carbonyl (C=O) groups excluding carboxylic acids is 3. The van der Waals surface area contributed by atoms with Gasteiger partial charge >= 0.3 is 6.03 Å². The molecule has 1 fully saturated rings. The lowest BCUT2D eigenvalue weighted by Gasteiger charge is -2.30. The number of hydrogen-bond donors (Lipinski definition) is 3. The number of carbonyl (C=O) groups is 3. The molecule has 136 valence electrons. The molecule has 3 N–H and O–H groups in total. The van der Waals surface area contributed by atoms with Crippen molar-refractivity contribution in [1.29, 1.82) is 0 Å². The minimum atomic E-state index is -0.479. The first-order chi connectivity index (χ1) is 12.0. The van der Waals surface area contributed by atoms with Gasteiger partial charge in [-0.1, -0.05) is 6.07 Å². The summed E-state index contributed by atoms with van der Waals surface area (Å²) in [6.45, 7) is 5.63. The Bertz CT molecular complexity index is 609. The SMILES string of the molecule is CCNC(=O)NC(=O)CN1CCC(C(=O)Nc2ccc(C)cn2)CC1. The molecule has 0 spiro atoms. The van der Waals surface area contributed by atoms with Crippen LogP contribution in [0.15, 0.2) is 18.3 Å². The van der Waals surface area contributed by atoms with Gasteiger partial charge in [-0.15, -0.1) is 0 Å². The van der Waals surface area contributed by atoms with E-state index in [9.17, 15) is 14.4 Å². The maximum absolute atomic E-state index is 12.3. The topological polar surface area (TPSA) is 103 Å². The van der Waals surface area contributed by atoms with Crippen LogP contribution in [0.4, 0.5) is 10.6 Å². The predicted octanol–water partition coefficient (Wildman–Crippen LogP) is 0.886. The molecule has 0 unspecified atom stereocenters. The molecule has 4 amide bonds. The molecular formula is C17H25N5O3. The van der Waals surface area contributed by atoms with Crippen molar-refractivity contribution in [2.45, 2.75) is 26.7 Å². The number of nitrogens with one attached hydrogen (secondary N) is 3. The van der Waals surface area contributed by atoms with E-state index in [2.05, 4.69) is 20.9 Å². The Morgan fingerprint density at radius 2 is 1.96 bits per heavy atom. The summed E-state index contributed by atoms with van der Waals surface area (Å²) in [5.41, 5.74) is 1.04. The number of nitrogens with zero attached hydrogens (tertiary/aromatic N) is 2. The van der Waals surface area contributed by atoms with Gasteiger partial charge in [0.25, 0.3) is 0 Å². The number of pyridine rings is 1. The highest BCUT2D eigenvalue weighted by Crippen LogP contribution is 2.18. The van der Waals surface area contributed by atoms with Crippen LogP contribution in [0.5, 0.6) is 0 Å². The quantitative estimate of drug-likeness (QED) is 0.734. The van der Waals surface area contributed by atoms with Crippen LogP contribution in [0, 0.1) is 12.8 Å². The van der Waals surface area contributed by atoms with Crippen LogP contribution in [-0.2, 0) is 9.59 Å². The second kappa shape index (κ2) is 9.12. The maximum atomic E-state index is 12.3. The van der Waals surface area contributed by atoms with E-state index in [1.807, 2.05) is 17.9 Å². The third kappa shape index (κ3) is 6.15. The van der Waals surface area contributed by atoms with Gasteiger partial charge in [0.1, 0.15) is 5.82 Å². The van der Waals surface area contributed by atoms with Gasteiger partial charge in [0.05, 0.1) is 6.54 Å². The first-order valence-electron chi connectivity index (χ1n) is 8.51. The van der Waals surface area contributed by atoms with Gasteiger partial charge in [0.15, 0.2) is 0 Å². The molecular weight excluding hydrogens is 322 g/mol.